The van der Waals surface area contributed by atoms with Gasteiger partial charge < -0.3 is 15.1 Å². The van der Waals surface area contributed by atoms with Crippen LogP contribution in [0.3, 0.4) is 0 Å². The van der Waals surface area contributed by atoms with E-state index < -0.39 is 11.8 Å². The number of carbonyl (C=O) groups is 2. The average molecular weight is 381 g/mol. The Morgan fingerprint density at radius 1 is 1.04 bits per heavy atom. The molecule has 0 fully saturated rings. The number of carbonyl (C=O) groups excluding carboxylic acids is 2. The molecule has 27 heavy (non-hydrogen) atoms. The van der Waals surface area contributed by atoms with Crippen molar-refractivity contribution in [1.82, 2.24) is 5.32 Å². The van der Waals surface area contributed by atoms with Crippen LogP contribution in [0, 0.1) is 6.92 Å². The number of rotatable bonds is 5. The van der Waals surface area contributed by atoms with Gasteiger partial charge >= 0.3 is 0 Å². The third-order valence-electron chi connectivity index (χ3n) is 3.80. The van der Waals surface area contributed by atoms with E-state index >= 15 is 0 Å². The van der Waals surface area contributed by atoms with Crippen LogP contribution in [0.15, 0.2) is 77.0 Å². The van der Waals surface area contributed by atoms with Crippen molar-refractivity contribution in [1.29, 1.82) is 0 Å². The largest absolute Gasteiger partial charge is 0.465 e. The molecular formula is C21H17ClN2O3. The molecule has 0 saturated heterocycles. The predicted octanol–water partition coefficient (Wildman–Crippen LogP) is 4.65. The molecule has 5 nitrogen and oxygen atoms in total. The molecule has 3 rings (SSSR count). The quantitative estimate of drug-likeness (QED) is 0.633. The van der Waals surface area contributed by atoms with Gasteiger partial charge in [0.1, 0.15) is 11.5 Å². The Bertz CT molecular complexity index is 980. The van der Waals surface area contributed by atoms with Crippen molar-refractivity contribution in [3.8, 4) is 0 Å². The lowest BCUT2D eigenvalue weighted by atomic mass is 10.2. The zero-order valence-electron chi connectivity index (χ0n) is 14.5. The first-order valence-corrected chi connectivity index (χ1v) is 8.60. The number of nitrogens with one attached hydrogen (secondary N) is 2. The summed E-state index contributed by atoms with van der Waals surface area (Å²) in [5.74, 6) is -0.418. The van der Waals surface area contributed by atoms with E-state index in [2.05, 4.69) is 10.6 Å². The van der Waals surface area contributed by atoms with E-state index in [0.717, 1.165) is 5.56 Å². The zero-order chi connectivity index (χ0) is 19.2. The Balaban J connectivity index is 1.85. The third-order valence-corrected chi connectivity index (χ3v) is 4.03. The lowest BCUT2D eigenvalue weighted by Gasteiger charge is -2.12. The number of benzene rings is 2. The van der Waals surface area contributed by atoms with Crippen LogP contribution in [-0.4, -0.2) is 11.8 Å². The van der Waals surface area contributed by atoms with Crippen LogP contribution in [0.1, 0.15) is 21.7 Å². The summed E-state index contributed by atoms with van der Waals surface area (Å²) in [7, 11) is 0. The number of anilines is 1. The van der Waals surface area contributed by atoms with Crippen molar-refractivity contribution >= 4 is 35.2 Å². The molecule has 0 bridgehead atoms. The first-order chi connectivity index (χ1) is 13.0. The van der Waals surface area contributed by atoms with Crippen LogP contribution in [0.5, 0.6) is 0 Å². The normalized spacial score (nSPS) is 11.1. The summed E-state index contributed by atoms with van der Waals surface area (Å²) < 4.78 is 5.27. The molecule has 136 valence electrons. The van der Waals surface area contributed by atoms with E-state index in [1.807, 2.05) is 13.0 Å². The Hall–Kier alpha value is -3.31. The predicted molar refractivity (Wildman–Crippen MR) is 105 cm³/mol. The molecule has 1 aromatic heterocycles. The minimum Gasteiger partial charge on any atom is -0.465 e. The van der Waals surface area contributed by atoms with Crippen molar-refractivity contribution in [2.24, 2.45) is 0 Å². The van der Waals surface area contributed by atoms with Gasteiger partial charge in [-0.25, -0.2) is 0 Å². The molecule has 2 N–H and O–H groups in total. The minimum absolute atomic E-state index is 0.0631. The molecule has 0 aliphatic rings. The van der Waals surface area contributed by atoms with E-state index in [0.29, 0.717) is 22.0 Å². The van der Waals surface area contributed by atoms with E-state index in [1.54, 1.807) is 54.6 Å². The number of halogens is 1. The van der Waals surface area contributed by atoms with Gasteiger partial charge in [0, 0.05) is 22.3 Å². The molecule has 0 atom stereocenters. The standard InChI is InChI=1S/C21H17ClN2O3/c1-14-12-16(22)9-10-18(14)23-21(26)19(13-17-8-5-11-27-17)24-20(25)15-6-3-2-4-7-15/h2-13H,1H3,(H,23,26)(H,24,25)/b19-13-. The molecule has 1 heterocycles. The van der Waals surface area contributed by atoms with Gasteiger partial charge in [-0.05, 0) is 55.0 Å². The Morgan fingerprint density at radius 2 is 1.81 bits per heavy atom. The van der Waals surface area contributed by atoms with Gasteiger partial charge in [0.05, 0.1) is 6.26 Å². The fourth-order valence-corrected chi connectivity index (χ4v) is 2.64. The molecule has 0 aliphatic heterocycles. The number of hydrogen-bond donors (Lipinski definition) is 2. The molecule has 6 heteroatoms. The van der Waals surface area contributed by atoms with Crippen molar-refractivity contribution in [2.75, 3.05) is 5.32 Å². The van der Waals surface area contributed by atoms with E-state index in [9.17, 15) is 9.59 Å². The van der Waals surface area contributed by atoms with Gasteiger partial charge in [-0.2, -0.15) is 0 Å². The minimum atomic E-state index is -0.471. The SMILES string of the molecule is Cc1cc(Cl)ccc1NC(=O)/C(=C/c1ccco1)NC(=O)c1ccccc1. The molecule has 3 aromatic rings. The summed E-state index contributed by atoms with van der Waals surface area (Å²) in [6.45, 7) is 1.83. The second-order valence-electron chi connectivity index (χ2n) is 5.81. The second kappa shape index (κ2) is 8.38. The van der Waals surface area contributed by atoms with Crippen LogP contribution in [0.2, 0.25) is 5.02 Å². The van der Waals surface area contributed by atoms with Gasteiger partial charge in [-0.3, -0.25) is 9.59 Å². The lowest BCUT2D eigenvalue weighted by molar-refractivity contribution is -0.113. The molecule has 0 saturated carbocycles. The fourth-order valence-electron chi connectivity index (χ4n) is 2.42. The van der Waals surface area contributed by atoms with Crippen LogP contribution in [0.4, 0.5) is 5.69 Å². The third kappa shape index (κ3) is 4.86. The van der Waals surface area contributed by atoms with E-state index in [1.165, 1.54) is 12.3 Å². The maximum absolute atomic E-state index is 12.8. The van der Waals surface area contributed by atoms with Crippen molar-refractivity contribution in [3.05, 3.63) is 94.5 Å². The first-order valence-electron chi connectivity index (χ1n) is 8.22. The van der Waals surface area contributed by atoms with Crippen LogP contribution < -0.4 is 10.6 Å². The lowest BCUT2D eigenvalue weighted by Crippen LogP contribution is -2.30. The van der Waals surface area contributed by atoms with Crippen molar-refractivity contribution < 1.29 is 14.0 Å². The summed E-state index contributed by atoms with van der Waals surface area (Å²) in [6, 6.07) is 17.2. The summed E-state index contributed by atoms with van der Waals surface area (Å²) in [6.07, 6.45) is 2.96. The summed E-state index contributed by atoms with van der Waals surface area (Å²) in [4.78, 5) is 25.2. The monoisotopic (exact) mass is 380 g/mol. The average Bonchev–Trinajstić information content (AvgIpc) is 3.17. The van der Waals surface area contributed by atoms with Crippen LogP contribution in [-0.2, 0) is 4.79 Å². The van der Waals surface area contributed by atoms with Gasteiger partial charge in [0.2, 0.25) is 0 Å². The molecule has 2 aromatic carbocycles. The number of amides is 2. The second-order valence-corrected chi connectivity index (χ2v) is 6.24. The zero-order valence-corrected chi connectivity index (χ0v) is 15.3. The number of aryl methyl sites for hydroxylation is 1. The van der Waals surface area contributed by atoms with Crippen LogP contribution in [0.25, 0.3) is 6.08 Å². The van der Waals surface area contributed by atoms with Crippen LogP contribution >= 0.6 is 11.6 Å². The van der Waals surface area contributed by atoms with Gasteiger partial charge in [0.25, 0.3) is 11.8 Å². The molecule has 0 spiro atoms. The van der Waals surface area contributed by atoms with Crippen molar-refractivity contribution in [2.45, 2.75) is 6.92 Å². The highest BCUT2D eigenvalue weighted by Crippen LogP contribution is 2.20. The maximum Gasteiger partial charge on any atom is 0.272 e. The summed E-state index contributed by atoms with van der Waals surface area (Å²) >= 11 is 5.95. The molecule has 0 radical (unpaired) electrons. The van der Waals surface area contributed by atoms with E-state index in [4.69, 9.17) is 16.0 Å². The first kappa shape index (κ1) is 18.5. The van der Waals surface area contributed by atoms with Crippen molar-refractivity contribution in [3.63, 3.8) is 0 Å². The smallest absolute Gasteiger partial charge is 0.272 e. The molecular weight excluding hydrogens is 364 g/mol. The topological polar surface area (TPSA) is 71.3 Å². The Morgan fingerprint density at radius 3 is 2.48 bits per heavy atom. The van der Waals surface area contributed by atoms with Gasteiger partial charge in [-0.15, -0.1) is 0 Å². The number of furan rings is 1. The Kier molecular flexibility index (Phi) is 5.74. The highest BCUT2D eigenvalue weighted by Gasteiger charge is 2.16. The molecule has 0 aliphatic carbocycles. The fraction of sp³-hybridized carbons (Fsp3) is 0.0476. The number of hydrogen-bond acceptors (Lipinski definition) is 3. The summed E-state index contributed by atoms with van der Waals surface area (Å²) in [5.41, 5.74) is 1.91. The molecule has 2 amide bonds. The maximum atomic E-state index is 12.8. The molecule has 0 unspecified atom stereocenters. The van der Waals surface area contributed by atoms with Gasteiger partial charge in [-0.1, -0.05) is 29.8 Å². The highest BCUT2D eigenvalue weighted by molar-refractivity contribution is 6.30. The van der Waals surface area contributed by atoms with Gasteiger partial charge in [0.15, 0.2) is 0 Å². The van der Waals surface area contributed by atoms with E-state index in [-0.39, 0.29) is 5.70 Å². The highest BCUT2D eigenvalue weighted by atomic mass is 35.5. The summed E-state index contributed by atoms with van der Waals surface area (Å²) in [5, 5.41) is 6.01. The Labute approximate surface area is 161 Å².